The van der Waals surface area contributed by atoms with E-state index in [4.69, 9.17) is 69.8 Å². The van der Waals surface area contributed by atoms with Gasteiger partial charge in [-0.3, -0.25) is 0 Å². The van der Waals surface area contributed by atoms with Crippen molar-refractivity contribution in [3.8, 4) is 46.1 Å². The molecule has 28 heteroatoms. The fourth-order valence-corrected chi connectivity index (χ4v) is 18.0. The predicted molar refractivity (Wildman–Crippen MR) is 395 cm³/mol. The van der Waals surface area contributed by atoms with Gasteiger partial charge in [0, 0.05) is 68.2 Å². The molecule has 7 aromatic rings. The zero-order valence-electron chi connectivity index (χ0n) is 57.6. The highest BCUT2D eigenvalue weighted by Gasteiger charge is 2.33. The van der Waals surface area contributed by atoms with Crippen molar-refractivity contribution >= 4 is 139 Å². The number of nitrogens with one attached hydrogen (secondary N) is 2. The van der Waals surface area contributed by atoms with Crippen molar-refractivity contribution in [1.29, 1.82) is 0 Å². The molecule has 9 rings (SSSR count). The molecular weight excluding hydrogens is 1310 g/mol. The van der Waals surface area contributed by atoms with Crippen LogP contribution in [0.1, 0.15) is 138 Å². The summed E-state index contributed by atoms with van der Waals surface area (Å²) >= 11 is 13.6. The van der Waals surface area contributed by atoms with Gasteiger partial charge in [0.2, 0.25) is 0 Å². The van der Waals surface area contributed by atoms with Gasteiger partial charge in [-0.1, -0.05) is 186 Å². The minimum atomic E-state index is -0.206. The van der Waals surface area contributed by atoms with E-state index in [1.165, 1.54) is 0 Å². The zero-order valence-corrected chi connectivity index (χ0v) is 64.2. The van der Waals surface area contributed by atoms with Gasteiger partial charge >= 0.3 is 0 Å². The molecule has 9 heterocycles. The summed E-state index contributed by atoms with van der Waals surface area (Å²) < 4.78 is -0.825. The summed E-state index contributed by atoms with van der Waals surface area (Å²) in [6.07, 6.45) is 0. The minimum absolute atomic E-state index is 0.206. The number of fused-ring (bicyclic) bond motifs is 20. The molecule has 498 valence electrons. The monoisotopic (exact) mass is 1400 g/mol. The van der Waals surface area contributed by atoms with E-state index in [0.717, 1.165) is 142 Å². The molecule has 0 amide bonds. The van der Waals surface area contributed by atoms with E-state index in [9.17, 15) is 0 Å². The number of hydrogen-bond donors (Lipinski definition) is 2. The van der Waals surface area contributed by atoms with Gasteiger partial charge in [0.05, 0.1) is 0 Å². The van der Waals surface area contributed by atoms with Gasteiger partial charge in [0.15, 0.2) is 45.9 Å². The first-order valence-corrected chi connectivity index (χ1v) is 39.5. The minimum Gasteiger partial charge on any atom is -0.321 e. The van der Waals surface area contributed by atoms with Crippen LogP contribution in [0, 0.1) is 0 Å². The van der Waals surface area contributed by atoms with Crippen LogP contribution in [-0.4, -0.2) is 220 Å². The first-order chi connectivity index (χ1) is 43.6. The molecule has 20 nitrogen and oxygen atoms in total. The molecule has 0 radical (unpaired) electrons. The van der Waals surface area contributed by atoms with Crippen LogP contribution in [0.4, 0.5) is 0 Å². The smallest absolute Gasteiger partial charge is 0.184 e. The molecular formula is C64H94N20S8. The third-order valence-electron chi connectivity index (χ3n) is 14.6. The van der Waals surface area contributed by atoms with E-state index in [1.54, 1.807) is 94.1 Å². The van der Waals surface area contributed by atoms with Crippen molar-refractivity contribution in [2.45, 2.75) is 198 Å². The Bertz CT molecular complexity index is 3400. The van der Waals surface area contributed by atoms with Gasteiger partial charge in [-0.25, -0.2) is 69.8 Å². The Balaban J connectivity index is 1.43. The first-order valence-electron chi connectivity index (χ1n) is 32.3. The average Bonchev–Trinajstić information content (AvgIpc) is 1.59. The lowest BCUT2D eigenvalue weighted by Crippen LogP contribution is -2.25. The van der Waals surface area contributed by atoms with E-state index in [2.05, 4.69) is 168 Å². The van der Waals surface area contributed by atoms with Gasteiger partial charge in [-0.2, -0.15) is 0 Å². The molecule has 7 aromatic heterocycles. The molecule has 0 spiro atoms. The van der Waals surface area contributed by atoms with E-state index >= 15 is 0 Å². The van der Waals surface area contributed by atoms with E-state index < -0.39 is 0 Å². The summed E-state index contributed by atoms with van der Waals surface area (Å²) in [5.41, 5.74) is 5.73. The second-order valence-corrected chi connectivity index (χ2v) is 37.7. The maximum Gasteiger partial charge on any atom is 0.184 e. The van der Waals surface area contributed by atoms with Crippen LogP contribution in [-0.2, 0) is 0 Å². The third kappa shape index (κ3) is 18.5. The molecule has 0 unspecified atom stereocenters. The molecule has 92 heavy (non-hydrogen) atoms. The summed E-state index contributed by atoms with van der Waals surface area (Å²) in [6.45, 7) is 55.3. The maximum absolute atomic E-state index is 5.56. The fourth-order valence-electron chi connectivity index (χ4n) is 9.88. The Morgan fingerprint density at radius 1 is 0.261 bits per heavy atom. The molecule has 0 saturated carbocycles. The summed E-state index contributed by atoms with van der Waals surface area (Å²) in [6, 6.07) is 0. The maximum atomic E-state index is 5.56. The molecule has 0 fully saturated rings. The van der Waals surface area contributed by atoms with Crippen LogP contribution in [0.3, 0.4) is 0 Å². The van der Waals surface area contributed by atoms with Gasteiger partial charge in [-0.15, -0.1) is 47.0 Å². The standard InChI is InChI=1S/C64H94N20S8/c1-21-81(22-2)29-33-85-53-54(86-34-30-82(23-3)24-4)66-38-37(65-53)45-73-46(38)76-50-43-44(72-60(92-64(18,19)20)59(71-43)91-63(15,16)17)52(80-50)78-48-40-39(67-55(87-35-31-83(25-5)26-6)56(68-40)88-36-32-84(27-7)28-8)47(74-48)77-51-42-41(49(75-45)79-51)69-57(89-61(9,10)11)58(70-42)90-62(12,13)14/h21-36H2,1-20H3,(H2,73,74,75,76,77,78,79,80). The van der Waals surface area contributed by atoms with E-state index in [1.807, 2.05) is 0 Å². The molecule has 2 N–H and O–H groups in total. The zero-order chi connectivity index (χ0) is 66.5. The normalized spacial score (nSPS) is 13.1. The van der Waals surface area contributed by atoms with Crippen LogP contribution in [0.5, 0.6) is 0 Å². The van der Waals surface area contributed by atoms with E-state index in [0.29, 0.717) is 90.7 Å². The highest BCUT2D eigenvalue weighted by Crippen LogP contribution is 2.47. The van der Waals surface area contributed by atoms with Crippen LogP contribution in [0.2, 0.25) is 0 Å². The van der Waals surface area contributed by atoms with Crippen molar-refractivity contribution in [3.05, 3.63) is 0 Å². The third-order valence-corrected chi connectivity index (χ3v) is 23.3. The van der Waals surface area contributed by atoms with Crippen molar-refractivity contribution in [1.82, 2.24) is 99.3 Å². The SMILES string of the molecule is CCN(CC)CCSc1nc2c3nc4nc(nc5[nH]c(nc6nc(nc([nH]3)c2nc1SCCN(CC)CC)-c1nc(SC(C)(C)C)c(SC(C)(C)C)nc1-6)c1nc(SCCN(CC)CC)c(SCCN(CC)CC)nc51)-c1nc(SC(C)(C)C)c(SC(C)(C)C)nc1-4. The number of aromatic nitrogens is 16. The predicted octanol–water partition coefficient (Wildman–Crippen LogP) is 15.3. The summed E-state index contributed by atoms with van der Waals surface area (Å²) in [5.74, 6) is 4.55. The van der Waals surface area contributed by atoms with Crippen molar-refractivity contribution in [2.75, 3.05) is 102 Å². The Morgan fingerprint density at radius 2 is 0.457 bits per heavy atom. The highest BCUT2D eigenvalue weighted by molar-refractivity contribution is 8.04. The van der Waals surface area contributed by atoms with Gasteiger partial charge in [0.25, 0.3) is 0 Å². The molecule has 8 bridgehead atoms. The number of thioether (sulfide) groups is 8. The van der Waals surface area contributed by atoms with Crippen molar-refractivity contribution in [3.63, 3.8) is 0 Å². The summed E-state index contributed by atoms with van der Waals surface area (Å²) in [7, 11) is 0. The average molecular weight is 1400 g/mol. The van der Waals surface area contributed by atoms with Crippen LogP contribution in [0.25, 0.3) is 90.7 Å². The largest absolute Gasteiger partial charge is 0.321 e. The first kappa shape index (κ1) is 72.6. The number of H-pyrrole nitrogens is 2. The van der Waals surface area contributed by atoms with Crippen LogP contribution in [0.15, 0.2) is 40.2 Å². The number of aromatic amines is 2. The Hall–Kier alpha value is -3.68. The van der Waals surface area contributed by atoms with Crippen LogP contribution >= 0.6 is 94.1 Å². The topological polar surface area (TPSA) is 225 Å². The number of hydrogen-bond acceptors (Lipinski definition) is 26. The van der Waals surface area contributed by atoms with Crippen molar-refractivity contribution in [2.24, 2.45) is 0 Å². The molecule has 0 atom stereocenters. The molecule has 2 aliphatic rings. The van der Waals surface area contributed by atoms with Gasteiger partial charge in [-0.05, 0) is 52.4 Å². The number of nitrogens with zero attached hydrogens (tertiary/aromatic N) is 18. The Kier molecular flexibility index (Phi) is 24.6. The quantitative estimate of drug-likeness (QED) is 0.0435. The van der Waals surface area contributed by atoms with Gasteiger partial charge in [0.1, 0.15) is 85.1 Å². The molecule has 0 aromatic carbocycles. The van der Waals surface area contributed by atoms with Crippen molar-refractivity contribution < 1.29 is 0 Å². The van der Waals surface area contributed by atoms with E-state index in [-0.39, 0.29) is 19.0 Å². The lowest BCUT2D eigenvalue weighted by molar-refractivity contribution is 0.323. The lowest BCUT2D eigenvalue weighted by atomic mass is 10.3. The Labute approximate surface area is 578 Å². The second kappa shape index (κ2) is 31.2. The van der Waals surface area contributed by atoms with Crippen LogP contribution < -0.4 is 0 Å². The van der Waals surface area contributed by atoms with Gasteiger partial charge < -0.3 is 29.6 Å². The second-order valence-electron chi connectivity index (χ2n) is 26.1. The molecule has 0 aliphatic carbocycles. The fraction of sp³-hybridized carbons (Fsp3) is 0.625. The summed E-state index contributed by atoms with van der Waals surface area (Å²) in [4.78, 5) is 93.9. The Morgan fingerprint density at radius 3 is 0.630 bits per heavy atom. The lowest BCUT2D eigenvalue weighted by Gasteiger charge is -2.22. The summed E-state index contributed by atoms with van der Waals surface area (Å²) in [5, 5.41) is 6.44. The number of rotatable bonds is 28. The molecule has 2 aliphatic heterocycles. The molecule has 0 saturated heterocycles. The highest BCUT2D eigenvalue weighted by atomic mass is 32.2.